The molecule has 0 aliphatic carbocycles. The molecule has 0 atom stereocenters. The summed E-state index contributed by atoms with van der Waals surface area (Å²) in [7, 11) is 0. The first-order valence-electron chi connectivity index (χ1n) is 9.34. The summed E-state index contributed by atoms with van der Waals surface area (Å²) in [6.07, 6.45) is 1.64. The van der Waals surface area contributed by atoms with Crippen molar-refractivity contribution >= 4 is 5.95 Å². The molecule has 1 N–H and O–H groups in total. The summed E-state index contributed by atoms with van der Waals surface area (Å²) < 4.78 is 1.44. The van der Waals surface area contributed by atoms with Crippen LogP contribution in [0.15, 0.2) is 77.7 Å². The van der Waals surface area contributed by atoms with Crippen LogP contribution in [-0.4, -0.2) is 31.5 Å². The summed E-state index contributed by atoms with van der Waals surface area (Å²) in [5, 5.41) is 15.7. The second-order valence-electron chi connectivity index (χ2n) is 6.55. The molecule has 2 heterocycles. The fourth-order valence-electron chi connectivity index (χ4n) is 3.01. The van der Waals surface area contributed by atoms with Gasteiger partial charge < -0.3 is 5.32 Å². The molecule has 0 radical (unpaired) electrons. The smallest absolute Gasteiger partial charge is 0.266 e. The predicted octanol–water partition coefficient (Wildman–Crippen LogP) is 3.18. The largest absolute Gasteiger partial charge is 0.351 e. The number of benzene rings is 2. The first-order chi connectivity index (χ1) is 14.2. The minimum absolute atomic E-state index is 0.154. The van der Waals surface area contributed by atoms with Gasteiger partial charge in [-0.15, -0.1) is 5.10 Å². The van der Waals surface area contributed by atoms with Gasteiger partial charge in [-0.25, -0.2) is 9.67 Å². The van der Waals surface area contributed by atoms with Crippen LogP contribution in [0.2, 0.25) is 0 Å². The molecule has 0 saturated heterocycles. The van der Waals surface area contributed by atoms with Gasteiger partial charge in [0, 0.05) is 23.7 Å². The highest BCUT2D eigenvalue weighted by Gasteiger charge is 2.07. The number of hydrogen-bond acceptors (Lipinski definition) is 6. The Hall–Kier alpha value is -3.87. The molecule has 0 aliphatic heterocycles. The van der Waals surface area contributed by atoms with Crippen molar-refractivity contribution in [2.75, 3.05) is 11.9 Å². The van der Waals surface area contributed by atoms with Crippen molar-refractivity contribution in [3.05, 3.63) is 88.8 Å². The van der Waals surface area contributed by atoms with Crippen LogP contribution < -0.4 is 10.9 Å². The molecule has 29 heavy (non-hydrogen) atoms. The summed E-state index contributed by atoms with van der Waals surface area (Å²) >= 11 is 0. The number of anilines is 1. The first-order valence-corrected chi connectivity index (χ1v) is 9.34. The van der Waals surface area contributed by atoms with Crippen LogP contribution >= 0.6 is 0 Å². The highest BCUT2D eigenvalue weighted by Crippen LogP contribution is 2.20. The zero-order chi connectivity index (χ0) is 20.1. The zero-order valence-electron chi connectivity index (χ0n) is 16.0. The van der Waals surface area contributed by atoms with Crippen molar-refractivity contribution in [1.29, 1.82) is 0 Å². The van der Waals surface area contributed by atoms with E-state index in [0.29, 0.717) is 19.0 Å². The molecule has 0 saturated carbocycles. The molecule has 0 spiro atoms. The molecule has 7 heteroatoms. The van der Waals surface area contributed by atoms with E-state index in [1.54, 1.807) is 12.3 Å². The molecule has 4 aromatic rings. The normalized spacial score (nSPS) is 10.7. The molecule has 144 valence electrons. The first kappa shape index (κ1) is 18.5. The number of hydrogen-bond donors (Lipinski definition) is 1. The minimum Gasteiger partial charge on any atom is -0.351 e. The Labute approximate surface area is 168 Å². The van der Waals surface area contributed by atoms with Gasteiger partial charge in [0.15, 0.2) is 0 Å². The molecule has 0 amide bonds. The third-order valence-corrected chi connectivity index (χ3v) is 4.52. The average molecular weight is 384 g/mol. The van der Waals surface area contributed by atoms with E-state index in [4.69, 9.17) is 0 Å². The highest BCUT2D eigenvalue weighted by molar-refractivity contribution is 5.63. The number of nitrogens with zero attached hydrogens (tertiary/aromatic N) is 5. The standard InChI is InChI=1S/C22H20N6O/c1-16-7-5-6-10-18(16)20-15-24-26-22(25-20)23-13-14-28-21(29)12-11-19(27-28)17-8-3-2-4-9-17/h2-12,15H,13-14H2,1H3,(H,23,25,26). The maximum atomic E-state index is 12.2. The van der Waals surface area contributed by atoms with E-state index < -0.39 is 0 Å². The van der Waals surface area contributed by atoms with Gasteiger partial charge in [0.25, 0.3) is 5.56 Å². The molecular weight excluding hydrogens is 364 g/mol. The van der Waals surface area contributed by atoms with E-state index in [1.165, 1.54) is 10.7 Å². The highest BCUT2D eigenvalue weighted by atomic mass is 16.1. The van der Waals surface area contributed by atoms with Crippen LogP contribution in [0.4, 0.5) is 5.95 Å². The van der Waals surface area contributed by atoms with Crippen molar-refractivity contribution in [3.8, 4) is 22.5 Å². The summed E-state index contributed by atoms with van der Waals surface area (Å²) in [5.41, 5.74) is 4.45. The monoisotopic (exact) mass is 384 g/mol. The maximum absolute atomic E-state index is 12.2. The zero-order valence-corrected chi connectivity index (χ0v) is 16.0. The van der Waals surface area contributed by atoms with Crippen molar-refractivity contribution in [2.24, 2.45) is 0 Å². The van der Waals surface area contributed by atoms with E-state index in [1.807, 2.05) is 61.5 Å². The fourth-order valence-corrected chi connectivity index (χ4v) is 3.01. The molecule has 0 unspecified atom stereocenters. The number of nitrogens with one attached hydrogen (secondary N) is 1. The molecular formula is C22H20N6O. The van der Waals surface area contributed by atoms with Crippen molar-refractivity contribution in [2.45, 2.75) is 13.5 Å². The van der Waals surface area contributed by atoms with Crippen molar-refractivity contribution in [1.82, 2.24) is 25.0 Å². The van der Waals surface area contributed by atoms with E-state index >= 15 is 0 Å². The second kappa shape index (κ2) is 8.43. The van der Waals surface area contributed by atoms with Crippen LogP contribution in [0.25, 0.3) is 22.5 Å². The number of aromatic nitrogens is 5. The molecule has 7 nitrogen and oxygen atoms in total. The molecule has 0 bridgehead atoms. The van der Waals surface area contributed by atoms with Crippen LogP contribution in [0.3, 0.4) is 0 Å². The topological polar surface area (TPSA) is 85.6 Å². The minimum atomic E-state index is -0.154. The predicted molar refractivity (Wildman–Crippen MR) is 112 cm³/mol. The third-order valence-electron chi connectivity index (χ3n) is 4.52. The Kier molecular flexibility index (Phi) is 5.38. The van der Waals surface area contributed by atoms with Gasteiger partial charge in [-0.3, -0.25) is 4.79 Å². The Morgan fingerprint density at radius 1 is 0.931 bits per heavy atom. The van der Waals surface area contributed by atoms with Crippen LogP contribution in [0.5, 0.6) is 0 Å². The molecule has 2 aromatic carbocycles. The van der Waals surface area contributed by atoms with Gasteiger partial charge in [0.05, 0.1) is 24.1 Å². The molecule has 4 rings (SSSR count). The summed E-state index contributed by atoms with van der Waals surface area (Å²) in [6, 6.07) is 21.0. The Bertz CT molecular complexity index is 1170. The Morgan fingerprint density at radius 3 is 2.55 bits per heavy atom. The van der Waals surface area contributed by atoms with Crippen molar-refractivity contribution in [3.63, 3.8) is 0 Å². The number of aryl methyl sites for hydroxylation is 1. The number of rotatable bonds is 6. The van der Waals surface area contributed by atoms with Crippen LogP contribution in [0.1, 0.15) is 5.56 Å². The lowest BCUT2D eigenvalue weighted by Crippen LogP contribution is -2.26. The Morgan fingerprint density at radius 2 is 1.72 bits per heavy atom. The van der Waals surface area contributed by atoms with Gasteiger partial charge >= 0.3 is 0 Å². The maximum Gasteiger partial charge on any atom is 0.266 e. The lowest BCUT2D eigenvalue weighted by atomic mass is 10.1. The lowest BCUT2D eigenvalue weighted by Gasteiger charge is -2.09. The second-order valence-corrected chi connectivity index (χ2v) is 6.55. The van der Waals surface area contributed by atoms with E-state index in [9.17, 15) is 4.79 Å². The third kappa shape index (κ3) is 4.35. The van der Waals surface area contributed by atoms with Crippen LogP contribution in [-0.2, 0) is 6.54 Å². The van der Waals surface area contributed by atoms with Gasteiger partial charge in [-0.05, 0) is 18.6 Å². The van der Waals surface area contributed by atoms with E-state index in [-0.39, 0.29) is 5.56 Å². The Balaban J connectivity index is 1.47. The van der Waals surface area contributed by atoms with Crippen molar-refractivity contribution < 1.29 is 0 Å². The van der Waals surface area contributed by atoms with Gasteiger partial charge in [0.2, 0.25) is 5.95 Å². The van der Waals surface area contributed by atoms with E-state index in [2.05, 4.69) is 25.6 Å². The quantitative estimate of drug-likeness (QED) is 0.549. The molecule has 2 aromatic heterocycles. The summed E-state index contributed by atoms with van der Waals surface area (Å²) in [5.74, 6) is 0.415. The van der Waals surface area contributed by atoms with Gasteiger partial charge in [0.1, 0.15) is 0 Å². The summed E-state index contributed by atoms with van der Waals surface area (Å²) in [4.78, 5) is 16.7. The molecule has 0 fully saturated rings. The lowest BCUT2D eigenvalue weighted by molar-refractivity contribution is 0.599. The average Bonchev–Trinajstić information content (AvgIpc) is 2.76. The van der Waals surface area contributed by atoms with Crippen LogP contribution in [0, 0.1) is 6.92 Å². The fraction of sp³-hybridized carbons (Fsp3) is 0.136. The molecule has 0 aliphatic rings. The SMILES string of the molecule is Cc1ccccc1-c1cnnc(NCCn2nc(-c3ccccc3)ccc2=O)n1. The van der Waals surface area contributed by atoms with Gasteiger partial charge in [-0.2, -0.15) is 10.2 Å². The van der Waals surface area contributed by atoms with Gasteiger partial charge in [-0.1, -0.05) is 54.6 Å². The van der Waals surface area contributed by atoms with E-state index in [0.717, 1.165) is 28.1 Å². The summed E-state index contributed by atoms with van der Waals surface area (Å²) in [6.45, 7) is 2.86.